The van der Waals surface area contributed by atoms with Gasteiger partial charge in [-0.2, -0.15) is 4.57 Å². The normalized spacial score (nSPS) is 12.4. The standard InChI is InChI=1S/C11H19N2O3/c1-4-8-16-10(11(14)15-5-2)13-7-6-12(3)9-13/h6-7,9-10H,4-5,8H2,1-3H3/q+1. The van der Waals surface area contributed by atoms with E-state index < -0.39 is 6.23 Å². The van der Waals surface area contributed by atoms with Gasteiger partial charge in [-0.15, -0.1) is 0 Å². The Morgan fingerprint density at radius 3 is 2.75 bits per heavy atom. The van der Waals surface area contributed by atoms with Crippen LogP contribution < -0.4 is 4.57 Å². The van der Waals surface area contributed by atoms with Gasteiger partial charge in [-0.1, -0.05) is 6.92 Å². The lowest BCUT2D eigenvalue weighted by atomic mass is 10.5. The van der Waals surface area contributed by atoms with E-state index >= 15 is 0 Å². The van der Waals surface area contributed by atoms with Gasteiger partial charge < -0.3 is 9.47 Å². The minimum absolute atomic E-state index is 0.354. The molecule has 0 amide bonds. The number of hydrogen-bond donors (Lipinski definition) is 0. The van der Waals surface area contributed by atoms with E-state index in [4.69, 9.17) is 9.47 Å². The van der Waals surface area contributed by atoms with Crippen molar-refractivity contribution in [3.8, 4) is 0 Å². The van der Waals surface area contributed by atoms with Crippen molar-refractivity contribution in [3.05, 3.63) is 18.7 Å². The highest BCUT2D eigenvalue weighted by Crippen LogP contribution is 2.10. The zero-order chi connectivity index (χ0) is 12.0. The molecule has 0 saturated heterocycles. The average Bonchev–Trinajstić information content (AvgIpc) is 2.66. The van der Waals surface area contributed by atoms with Crippen LogP contribution in [-0.2, 0) is 21.3 Å². The number of carbonyl (C=O) groups excluding carboxylic acids is 1. The number of imidazole rings is 1. The maximum Gasteiger partial charge on any atom is 0.381 e. The highest BCUT2D eigenvalue weighted by atomic mass is 16.6. The summed E-state index contributed by atoms with van der Waals surface area (Å²) in [5.41, 5.74) is 0. The first-order valence-electron chi connectivity index (χ1n) is 5.50. The van der Waals surface area contributed by atoms with E-state index in [1.165, 1.54) is 0 Å². The predicted octanol–water partition coefficient (Wildman–Crippen LogP) is 0.801. The Labute approximate surface area is 95.6 Å². The van der Waals surface area contributed by atoms with Crippen LogP contribution in [0.4, 0.5) is 0 Å². The van der Waals surface area contributed by atoms with Crippen molar-refractivity contribution in [3.63, 3.8) is 0 Å². The van der Waals surface area contributed by atoms with Gasteiger partial charge >= 0.3 is 12.2 Å². The molecule has 0 saturated carbocycles. The summed E-state index contributed by atoms with van der Waals surface area (Å²) < 4.78 is 14.0. The second kappa shape index (κ2) is 6.27. The molecule has 0 aliphatic carbocycles. The fraction of sp³-hybridized carbons (Fsp3) is 0.636. The average molecular weight is 227 g/mol. The summed E-state index contributed by atoms with van der Waals surface area (Å²) in [4.78, 5) is 11.7. The van der Waals surface area contributed by atoms with E-state index in [1.807, 2.05) is 24.7 Å². The van der Waals surface area contributed by atoms with E-state index in [9.17, 15) is 4.79 Å². The Kier molecular flexibility index (Phi) is 4.98. The molecule has 0 spiro atoms. The number of nitrogens with zero attached hydrogens (tertiary/aromatic N) is 2. The minimum atomic E-state index is -0.680. The van der Waals surface area contributed by atoms with Gasteiger partial charge in [0.15, 0.2) is 0 Å². The van der Waals surface area contributed by atoms with Crippen LogP contribution in [0, 0.1) is 0 Å². The molecular formula is C11H19N2O3+. The first-order valence-corrected chi connectivity index (χ1v) is 5.50. The summed E-state index contributed by atoms with van der Waals surface area (Å²) >= 11 is 0. The molecule has 0 fully saturated rings. The maximum absolute atomic E-state index is 11.7. The smallest absolute Gasteiger partial charge is 0.381 e. The number of ether oxygens (including phenoxy) is 2. The molecule has 1 aromatic heterocycles. The van der Waals surface area contributed by atoms with Crippen LogP contribution in [-0.4, -0.2) is 23.8 Å². The SMILES string of the molecule is CCCOC(C(=O)OCC)n1cc[n+](C)c1. The van der Waals surface area contributed by atoms with Gasteiger partial charge in [0.2, 0.25) is 6.33 Å². The first-order chi connectivity index (χ1) is 7.69. The Morgan fingerprint density at radius 1 is 1.50 bits per heavy atom. The fourth-order valence-electron chi connectivity index (χ4n) is 1.33. The fourth-order valence-corrected chi connectivity index (χ4v) is 1.33. The molecule has 1 unspecified atom stereocenters. The summed E-state index contributed by atoms with van der Waals surface area (Å²) in [6, 6.07) is 0. The van der Waals surface area contributed by atoms with Crippen molar-refractivity contribution in [1.29, 1.82) is 0 Å². The molecule has 16 heavy (non-hydrogen) atoms. The summed E-state index contributed by atoms with van der Waals surface area (Å²) in [5, 5.41) is 0. The Hall–Kier alpha value is -1.36. The number of carbonyl (C=O) groups is 1. The van der Waals surface area contributed by atoms with E-state index in [0.29, 0.717) is 13.2 Å². The predicted molar refractivity (Wildman–Crippen MR) is 57.5 cm³/mol. The quantitative estimate of drug-likeness (QED) is 0.533. The van der Waals surface area contributed by atoms with Crippen molar-refractivity contribution in [2.75, 3.05) is 13.2 Å². The number of aromatic nitrogens is 2. The van der Waals surface area contributed by atoms with Crippen molar-refractivity contribution < 1.29 is 18.8 Å². The number of hydrogen-bond acceptors (Lipinski definition) is 3. The molecule has 1 heterocycles. The third-order valence-corrected chi connectivity index (χ3v) is 2.03. The van der Waals surface area contributed by atoms with Crippen molar-refractivity contribution >= 4 is 5.97 Å². The van der Waals surface area contributed by atoms with Gasteiger partial charge in [0.1, 0.15) is 12.4 Å². The third-order valence-electron chi connectivity index (χ3n) is 2.03. The van der Waals surface area contributed by atoms with Gasteiger partial charge in [-0.05, 0) is 13.3 Å². The summed E-state index contributed by atoms with van der Waals surface area (Å²) in [6.45, 7) is 4.67. The summed E-state index contributed by atoms with van der Waals surface area (Å²) in [5.74, 6) is -0.354. The van der Waals surface area contributed by atoms with Crippen LogP contribution in [0.5, 0.6) is 0 Å². The second-order valence-electron chi connectivity index (χ2n) is 3.50. The molecular weight excluding hydrogens is 208 g/mol. The van der Waals surface area contributed by atoms with Crippen molar-refractivity contribution in [1.82, 2.24) is 4.57 Å². The van der Waals surface area contributed by atoms with Crippen LogP contribution >= 0.6 is 0 Å². The molecule has 1 rings (SSSR count). The monoisotopic (exact) mass is 227 g/mol. The molecule has 1 atom stereocenters. The molecule has 90 valence electrons. The molecule has 0 bridgehead atoms. The summed E-state index contributed by atoms with van der Waals surface area (Å²) in [6.07, 6.45) is 5.61. The molecule has 0 radical (unpaired) electrons. The van der Waals surface area contributed by atoms with E-state index in [2.05, 4.69) is 0 Å². The molecule has 0 N–H and O–H groups in total. The lowest BCUT2D eigenvalue weighted by molar-refractivity contribution is -0.671. The van der Waals surface area contributed by atoms with Gasteiger partial charge in [0.25, 0.3) is 0 Å². The molecule has 1 aromatic rings. The third kappa shape index (κ3) is 3.34. The van der Waals surface area contributed by atoms with Crippen LogP contribution in [0.1, 0.15) is 26.5 Å². The highest BCUT2D eigenvalue weighted by molar-refractivity contribution is 5.72. The topological polar surface area (TPSA) is 44.3 Å². The van der Waals surface area contributed by atoms with E-state index in [-0.39, 0.29) is 5.97 Å². The molecule has 0 aromatic carbocycles. The van der Waals surface area contributed by atoms with E-state index in [0.717, 1.165) is 6.42 Å². The number of aryl methyl sites for hydroxylation is 1. The molecule has 5 heteroatoms. The number of esters is 1. The van der Waals surface area contributed by atoms with Crippen LogP contribution in [0.15, 0.2) is 18.7 Å². The van der Waals surface area contributed by atoms with E-state index in [1.54, 1.807) is 24.0 Å². The largest absolute Gasteiger partial charge is 0.461 e. The lowest BCUT2D eigenvalue weighted by Crippen LogP contribution is -2.28. The molecule has 0 aliphatic rings. The van der Waals surface area contributed by atoms with Crippen LogP contribution in [0.3, 0.4) is 0 Å². The maximum atomic E-state index is 11.7. The van der Waals surface area contributed by atoms with Gasteiger partial charge in [-0.3, -0.25) is 0 Å². The lowest BCUT2D eigenvalue weighted by Gasteiger charge is -2.12. The molecule has 5 nitrogen and oxygen atoms in total. The highest BCUT2D eigenvalue weighted by Gasteiger charge is 2.27. The zero-order valence-corrected chi connectivity index (χ0v) is 10.0. The van der Waals surface area contributed by atoms with Gasteiger partial charge in [0, 0.05) is 0 Å². The zero-order valence-electron chi connectivity index (χ0n) is 10.0. The minimum Gasteiger partial charge on any atom is -0.461 e. The van der Waals surface area contributed by atoms with Crippen LogP contribution in [0.25, 0.3) is 0 Å². The first kappa shape index (κ1) is 12.7. The number of rotatable bonds is 6. The summed E-state index contributed by atoms with van der Waals surface area (Å²) in [7, 11) is 1.89. The van der Waals surface area contributed by atoms with Gasteiger partial charge in [0.05, 0.1) is 20.3 Å². The Balaban J connectivity index is 2.74. The van der Waals surface area contributed by atoms with Crippen LogP contribution in [0.2, 0.25) is 0 Å². The molecule has 0 aliphatic heterocycles. The Bertz CT molecular complexity index is 336. The second-order valence-corrected chi connectivity index (χ2v) is 3.50. The van der Waals surface area contributed by atoms with Crippen molar-refractivity contribution in [2.24, 2.45) is 7.05 Å². The van der Waals surface area contributed by atoms with Crippen molar-refractivity contribution in [2.45, 2.75) is 26.5 Å². The van der Waals surface area contributed by atoms with Gasteiger partial charge in [-0.25, -0.2) is 9.36 Å². The Morgan fingerprint density at radius 2 is 2.25 bits per heavy atom.